The Hall–Kier alpha value is -3.97. The lowest BCUT2D eigenvalue weighted by molar-refractivity contribution is -0.152. The van der Waals surface area contributed by atoms with Crippen molar-refractivity contribution in [3.8, 4) is 11.3 Å². The van der Waals surface area contributed by atoms with Gasteiger partial charge in [0.15, 0.2) is 0 Å². The number of aromatic nitrogens is 1. The number of piperidine rings is 1. The van der Waals surface area contributed by atoms with Gasteiger partial charge >= 0.3 is 12.1 Å². The zero-order valence-electron chi connectivity index (χ0n) is 27.6. The summed E-state index contributed by atoms with van der Waals surface area (Å²) < 4.78 is 40.8. The molecule has 2 aliphatic rings. The molecule has 5 rings (SSSR count). The molecule has 0 bridgehead atoms. The zero-order chi connectivity index (χ0) is 34.1. The molecule has 3 N–H and O–H groups in total. The Balaban J connectivity index is 1.28. The van der Waals surface area contributed by atoms with E-state index in [0.29, 0.717) is 34.4 Å². The van der Waals surface area contributed by atoms with E-state index in [9.17, 15) is 27.9 Å². The molecule has 2 aromatic heterocycles. The summed E-state index contributed by atoms with van der Waals surface area (Å²) in [5.41, 5.74) is 1.78. The van der Waals surface area contributed by atoms with E-state index < -0.39 is 33.1 Å². The fourth-order valence-corrected chi connectivity index (χ4v) is 7.25. The summed E-state index contributed by atoms with van der Waals surface area (Å²) in [6.07, 6.45) is 2.42. The third kappa shape index (κ3) is 7.95. The molecule has 0 unspecified atom stereocenters. The molecule has 2 amide bonds. The molecule has 1 saturated heterocycles. The number of pyridine rings is 1. The van der Waals surface area contributed by atoms with Crippen LogP contribution in [-0.4, -0.2) is 73.7 Å². The number of carbonyl (C=O) groups is 3. The summed E-state index contributed by atoms with van der Waals surface area (Å²) in [6.45, 7) is 7.88. The van der Waals surface area contributed by atoms with Crippen LogP contribution in [0.15, 0.2) is 34.7 Å². The Labute approximate surface area is 275 Å². The number of sulfonamides is 1. The summed E-state index contributed by atoms with van der Waals surface area (Å²) >= 11 is 0. The van der Waals surface area contributed by atoms with Crippen LogP contribution in [0.5, 0.6) is 0 Å². The number of benzene rings is 1. The number of furan rings is 1. The van der Waals surface area contributed by atoms with E-state index in [1.165, 1.54) is 4.90 Å². The van der Waals surface area contributed by atoms with Crippen LogP contribution in [0.4, 0.5) is 4.79 Å². The van der Waals surface area contributed by atoms with E-state index >= 15 is 0 Å². The number of carboxylic acid groups (broad SMARTS) is 1. The summed E-state index contributed by atoms with van der Waals surface area (Å²) in [6, 6.07) is 9.43. The Bertz CT molecular complexity index is 1760. The molecule has 1 saturated carbocycles. The fourth-order valence-electron chi connectivity index (χ4n) is 6.10. The van der Waals surface area contributed by atoms with Crippen molar-refractivity contribution >= 4 is 39.1 Å². The average molecular weight is 669 g/mol. The minimum atomic E-state index is -3.84. The van der Waals surface area contributed by atoms with Crippen LogP contribution in [0.1, 0.15) is 92.4 Å². The molecule has 1 aliphatic heterocycles. The predicted molar refractivity (Wildman–Crippen MR) is 177 cm³/mol. The van der Waals surface area contributed by atoms with Gasteiger partial charge in [-0.1, -0.05) is 29.8 Å². The second-order valence-corrected chi connectivity index (χ2v) is 15.5. The van der Waals surface area contributed by atoms with Gasteiger partial charge in [0, 0.05) is 32.2 Å². The predicted octanol–water partition coefficient (Wildman–Crippen LogP) is 5.34. The fraction of sp³-hybridized carbons (Fsp3) is 0.529. The van der Waals surface area contributed by atoms with Crippen LogP contribution in [0.25, 0.3) is 22.4 Å². The smallest absolute Gasteiger partial charge is 0.410 e. The maximum absolute atomic E-state index is 13.3. The SMILES string of the molecule is CNC(=O)c1c(-c2ccc(C)cc2)oc2nc(CS(=O)(=O)NCCCC3(C(=O)O)CCN(C(=O)OC(C)(C)C)CC3)c(C3CC3)cc12. The number of aliphatic carboxylic acids is 1. The average Bonchev–Trinajstić information content (AvgIpc) is 3.78. The summed E-state index contributed by atoms with van der Waals surface area (Å²) in [5, 5.41) is 13.3. The zero-order valence-corrected chi connectivity index (χ0v) is 28.5. The first kappa shape index (κ1) is 34.4. The number of likely N-dealkylation sites (tertiary alicyclic amines) is 1. The highest BCUT2D eigenvalue weighted by atomic mass is 32.2. The van der Waals surface area contributed by atoms with Crippen LogP contribution in [0.2, 0.25) is 0 Å². The Morgan fingerprint density at radius 1 is 1.13 bits per heavy atom. The van der Waals surface area contributed by atoms with Crippen molar-refractivity contribution in [3.63, 3.8) is 0 Å². The van der Waals surface area contributed by atoms with E-state index in [0.717, 1.165) is 24.0 Å². The number of nitrogens with zero attached hydrogens (tertiary/aromatic N) is 2. The highest BCUT2D eigenvalue weighted by molar-refractivity contribution is 7.88. The molecule has 13 heteroatoms. The molecule has 2 fully saturated rings. The minimum absolute atomic E-state index is 0.0628. The van der Waals surface area contributed by atoms with Gasteiger partial charge in [-0.2, -0.15) is 0 Å². The number of rotatable bonds is 11. The minimum Gasteiger partial charge on any atom is -0.481 e. The lowest BCUT2D eigenvalue weighted by atomic mass is 9.75. The number of ether oxygens (including phenoxy) is 1. The Kier molecular flexibility index (Phi) is 9.70. The second kappa shape index (κ2) is 13.3. The lowest BCUT2D eigenvalue weighted by Crippen LogP contribution is -2.48. The van der Waals surface area contributed by atoms with Crippen molar-refractivity contribution in [2.75, 3.05) is 26.7 Å². The van der Waals surface area contributed by atoms with Crippen LogP contribution in [0.3, 0.4) is 0 Å². The molecule has 1 aromatic carbocycles. The highest BCUT2D eigenvalue weighted by Crippen LogP contribution is 2.44. The van der Waals surface area contributed by atoms with Crippen molar-refractivity contribution < 1.29 is 37.1 Å². The maximum atomic E-state index is 13.3. The topological polar surface area (TPSA) is 168 Å². The van der Waals surface area contributed by atoms with Crippen molar-refractivity contribution in [3.05, 3.63) is 52.7 Å². The number of amides is 2. The molecular formula is C34H44N4O8S. The van der Waals surface area contributed by atoms with Gasteiger partial charge < -0.3 is 24.5 Å². The number of hydrogen-bond donors (Lipinski definition) is 3. The largest absolute Gasteiger partial charge is 0.481 e. The van der Waals surface area contributed by atoms with Crippen LogP contribution >= 0.6 is 0 Å². The van der Waals surface area contributed by atoms with E-state index in [-0.39, 0.29) is 62.2 Å². The molecule has 0 radical (unpaired) electrons. The standard InChI is InChI=1S/C34H44N4O8S/c1-21-7-9-23(10-8-21)28-27(29(39)35-5)25-19-24(22-11-12-22)26(37-30(25)45-28)20-47(43,44)36-16-6-13-34(31(40)41)14-17-38(18-15-34)32(42)46-33(2,3)4/h7-10,19,22,36H,6,11-18,20H2,1-5H3,(H,35,39)(H,40,41). The molecule has 0 atom stereocenters. The van der Waals surface area contributed by atoms with Crippen LogP contribution in [-0.2, 0) is 25.3 Å². The molecule has 1 aliphatic carbocycles. The van der Waals surface area contributed by atoms with E-state index in [2.05, 4.69) is 15.0 Å². The molecule has 3 aromatic rings. The summed E-state index contributed by atoms with van der Waals surface area (Å²) in [4.78, 5) is 43.9. The molecule has 12 nitrogen and oxygen atoms in total. The van der Waals surface area contributed by atoms with Crippen molar-refractivity contribution in [1.29, 1.82) is 0 Å². The van der Waals surface area contributed by atoms with Gasteiger partial charge in [0.1, 0.15) is 17.1 Å². The molecule has 254 valence electrons. The van der Waals surface area contributed by atoms with Crippen LogP contribution in [0, 0.1) is 12.3 Å². The van der Waals surface area contributed by atoms with Crippen molar-refractivity contribution in [2.24, 2.45) is 5.41 Å². The first-order valence-electron chi connectivity index (χ1n) is 16.1. The lowest BCUT2D eigenvalue weighted by Gasteiger charge is -2.39. The molecule has 47 heavy (non-hydrogen) atoms. The summed E-state index contributed by atoms with van der Waals surface area (Å²) in [7, 11) is -2.29. The molecular weight excluding hydrogens is 624 g/mol. The second-order valence-electron chi connectivity index (χ2n) is 13.7. The first-order chi connectivity index (χ1) is 22.1. The summed E-state index contributed by atoms with van der Waals surface area (Å²) in [5.74, 6) is -1.13. The van der Waals surface area contributed by atoms with Gasteiger partial charge in [-0.3, -0.25) is 9.59 Å². The van der Waals surface area contributed by atoms with Gasteiger partial charge in [0.2, 0.25) is 15.7 Å². The third-order valence-corrected chi connectivity index (χ3v) is 10.2. The van der Waals surface area contributed by atoms with Gasteiger partial charge in [0.25, 0.3) is 5.91 Å². The molecule has 3 heterocycles. The van der Waals surface area contributed by atoms with Crippen molar-refractivity contribution in [2.45, 2.75) is 83.5 Å². The Morgan fingerprint density at radius 3 is 2.36 bits per heavy atom. The maximum Gasteiger partial charge on any atom is 0.410 e. The van der Waals surface area contributed by atoms with E-state index in [1.54, 1.807) is 27.8 Å². The Morgan fingerprint density at radius 2 is 1.79 bits per heavy atom. The number of carboxylic acids is 1. The van der Waals surface area contributed by atoms with Gasteiger partial charge in [-0.05, 0) is 83.8 Å². The van der Waals surface area contributed by atoms with Gasteiger partial charge in [-0.15, -0.1) is 0 Å². The molecule has 0 spiro atoms. The van der Waals surface area contributed by atoms with Gasteiger partial charge in [-0.25, -0.2) is 22.9 Å². The normalized spacial score (nSPS) is 16.7. The number of nitrogens with one attached hydrogen (secondary N) is 2. The third-order valence-electron chi connectivity index (χ3n) is 8.89. The van der Waals surface area contributed by atoms with Crippen LogP contribution < -0.4 is 10.0 Å². The number of fused-ring (bicyclic) bond motifs is 1. The van der Waals surface area contributed by atoms with Crippen molar-refractivity contribution in [1.82, 2.24) is 19.9 Å². The van der Waals surface area contributed by atoms with Gasteiger partial charge in [0.05, 0.1) is 22.1 Å². The van der Waals surface area contributed by atoms with E-state index in [4.69, 9.17) is 9.15 Å². The first-order valence-corrected chi connectivity index (χ1v) is 17.7. The monoisotopic (exact) mass is 668 g/mol. The number of carbonyl (C=O) groups excluding carboxylic acids is 2. The quantitative estimate of drug-likeness (QED) is 0.228. The van der Waals surface area contributed by atoms with E-state index in [1.807, 2.05) is 37.3 Å². The number of hydrogen-bond acceptors (Lipinski definition) is 8. The highest BCUT2D eigenvalue weighted by Gasteiger charge is 2.42. The number of aryl methyl sites for hydroxylation is 1.